The molecule has 1 aliphatic heterocycles. The molecule has 0 saturated carbocycles. The Hall–Kier alpha value is -2.99. The number of nitrogens with one attached hydrogen (secondary N) is 1. The van der Waals surface area contributed by atoms with Crippen molar-refractivity contribution in [3.8, 4) is 0 Å². The Bertz CT molecular complexity index is 848. The molecular formula is C20H20N2O4. The van der Waals surface area contributed by atoms with Gasteiger partial charge in [-0.25, -0.2) is 0 Å². The normalized spacial score (nSPS) is 14.3. The number of carbonyl (C=O) groups excluding carboxylic acids is 3. The molecule has 0 aromatic heterocycles. The molecule has 1 unspecified atom stereocenters. The summed E-state index contributed by atoms with van der Waals surface area (Å²) in [6.45, 7) is 2.59. The zero-order valence-corrected chi connectivity index (χ0v) is 14.7. The largest absolute Gasteiger partial charge is 0.383 e. The average molecular weight is 352 g/mol. The van der Waals surface area contributed by atoms with E-state index in [1.807, 2.05) is 37.3 Å². The third-order valence-corrected chi connectivity index (χ3v) is 4.44. The van der Waals surface area contributed by atoms with Gasteiger partial charge in [0.15, 0.2) is 0 Å². The van der Waals surface area contributed by atoms with E-state index in [4.69, 9.17) is 4.74 Å². The van der Waals surface area contributed by atoms with Crippen molar-refractivity contribution in [2.24, 2.45) is 0 Å². The molecule has 6 nitrogen and oxygen atoms in total. The Morgan fingerprint density at radius 2 is 1.77 bits per heavy atom. The van der Waals surface area contributed by atoms with Gasteiger partial charge in [0.05, 0.1) is 23.8 Å². The minimum atomic E-state index is -0.387. The van der Waals surface area contributed by atoms with Crippen LogP contribution in [0, 0.1) is 0 Å². The van der Waals surface area contributed by atoms with Gasteiger partial charge in [0.1, 0.15) is 0 Å². The molecule has 1 heterocycles. The standard InChI is InChI=1S/C20H20N2O4/c1-13(14-6-4-3-5-7-14)22-19(24)16-9-8-15(12-17(16)20(22)25)18(23)21-10-11-26-2/h3-9,12-13H,10-11H2,1-2H3,(H,21,23). The van der Waals surface area contributed by atoms with Crippen molar-refractivity contribution in [3.05, 3.63) is 70.8 Å². The lowest BCUT2D eigenvalue weighted by Gasteiger charge is -2.22. The molecule has 3 amide bonds. The van der Waals surface area contributed by atoms with E-state index in [0.717, 1.165) is 5.56 Å². The molecule has 0 radical (unpaired) electrons. The van der Waals surface area contributed by atoms with Gasteiger partial charge in [-0.3, -0.25) is 19.3 Å². The average Bonchev–Trinajstić information content (AvgIpc) is 2.92. The summed E-state index contributed by atoms with van der Waals surface area (Å²) in [6, 6.07) is 13.6. The fourth-order valence-electron chi connectivity index (χ4n) is 3.00. The first-order valence-electron chi connectivity index (χ1n) is 8.38. The quantitative estimate of drug-likeness (QED) is 0.640. The van der Waals surface area contributed by atoms with Gasteiger partial charge in [0, 0.05) is 19.2 Å². The van der Waals surface area contributed by atoms with Crippen LogP contribution in [0.1, 0.15) is 49.6 Å². The van der Waals surface area contributed by atoms with Crippen molar-refractivity contribution in [1.82, 2.24) is 10.2 Å². The van der Waals surface area contributed by atoms with Crippen LogP contribution in [0.2, 0.25) is 0 Å². The lowest BCUT2D eigenvalue weighted by Crippen LogP contribution is -2.32. The number of hydrogen-bond acceptors (Lipinski definition) is 4. The predicted octanol–water partition coefficient (Wildman–Crippen LogP) is 2.42. The molecule has 0 bridgehead atoms. The third-order valence-electron chi connectivity index (χ3n) is 4.44. The number of fused-ring (bicyclic) bond motifs is 1. The molecule has 1 aliphatic rings. The summed E-state index contributed by atoms with van der Waals surface area (Å²) in [6.07, 6.45) is 0. The fourth-order valence-corrected chi connectivity index (χ4v) is 3.00. The number of amides is 3. The maximum absolute atomic E-state index is 12.8. The van der Waals surface area contributed by atoms with Crippen molar-refractivity contribution in [1.29, 1.82) is 0 Å². The molecule has 0 saturated heterocycles. The molecule has 134 valence electrons. The summed E-state index contributed by atoms with van der Waals surface area (Å²) in [5.74, 6) is -1.03. The fraction of sp³-hybridized carbons (Fsp3) is 0.250. The molecule has 0 aliphatic carbocycles. The highest BCUT2D eigenvalue weighted by atomic mass is 16.5. The summed E-state index contributed by atoms with van der Waals surface area (Å²) < 4.78 is 4.90. The molecule has 6 heteroatoms. The monoisotopic (exact) mass is 352 g/mol. The second kappa shape index (κ2) is 7.49. The van der Waals surface area contributed by atoms with Crippen LogP contribution in [-0.2, 0) is 4.74 Å². The van der Waals surface area contributed by atoms with E-state index in [0.29, 0.717) is 24.3 Å². The number of benzene rings is 2. The van der Waals surface area contributed by atoms with Crippen molar-refractivity contribution in [2.75, 3.05) is 20.3 Å². The van der Waals surface area contributed by atoms with Gasteiger partial charge in [-0.15, -0.1) is 0 Å². The highest BCUT2D eigenvalue weighted by Gasteiger charge is 2.39. The van der Waals surface area contributed by atoms with Crippen LogP contribution in [0.25, 0.3) is 0 Å². The van der Waals surface area contributed by atoms with Crippen molar-refractivity contribution in [2.45, 2.75) is 13.0 Å². The van der Waals surface area contributed by atoms with Crippen LogP contribution < -0.4 is 5.32 Å². The molecule has 26 heavy (non-hydrogen) atoms. The SMILES string of the molecule is COCCNC(=O)c1ccc2c(c1)C(=O)N(C(C)c1ccccc1)C2=O. The first-order chi connectivity index (χ1) is 12.5. The summed E-state index contributed by atoms with van der Waals surface area (Å²) in [5, 5.41) is 2.70. The first kappa shape index (κ1) is 17.8. The van der Waals surface area contributed by atoms with Crippen LogP contribution in [0.5, 0.6) is 0 Å². The number of nitrogens with zero attached hydrogens (tertiary/aromatic N) is 1. The van der Waals surface area contributed by atoms with E-state index < -0.39 is 0 Å². The minimum absolute atomic E-state index is 0.261. The van der Waals surface area contributed by atoms with Crippen molar-refractivity contribution in [3.63, 3.8) is 0 Å². The molecule has 2 aromatic rings. The summed E-state index contributed by atoms with van der Waals surface area (Å²) in [5.41, 5.74) is 1.80. The maximum atomic E-state index is 12.8. The van der Waals surface area contributed by atoms with Crippen LogP contribution in [-0.4, -0.2) is 42.9 Å². The lowest BCUT2D eigenvalue weighted by atomic mass is 10.1. The molecule has 1 N–H and O–H groups in total. The number of imide groups is 1. The summed E-state index contributed by atoms with van der Waals surface area (Å²) >= 11 is 0. The van der Waals surface area contributed by atoms with E-state index in [1.165, 1.54) is 11.0 Å². The number of hydrogen-bond donors (Lipinski definition) is 1. The first-order valence-corrected chi connectivity index (χ1v) is 8.38. The molecule has 1 atom stereocenters. The number of rotatable bonds is 6. The van der Waals surface area contributed by atoms with Crippen LogP contribution in [0.4, 0.5) is 0 Å². The van der Waals surface area contributed by atoms with Crippen molar-refractivity contribution >= 4 is 17.7 Å². The molecule has 0 spiro atoms. The zero-order valence-electron chi connectivity index (χ0n) is 14.7. The number of methoxy groups -OCH3 is 1. The predicted molar refractivity (Wildman–Crippen MR) is 96.0 cm³/mol. The van der Waals surface area contributed by atoms with E-state index in [1.54, 1.807) is 19.2 Å². The zero-order chi connectivity index (χ0) is 18.7. The molecule has 0 fully saturated rings. The highest BCUT2D eigenvalue weighted by molar-refractivity contribution is 6.22. The second-order valence-electron chi connectivity index (χ2n) is 6.08. The van der Waals surface area contributed by atoms with Gasteiger partial charge in [-0.2, -0.15) is 0 Å². The minimum Gasteiger partial charge on any atom is -0.383 e. The number of carbonyl (C=O) groups is 3. The highest BCUT2D eigenvalue weighted by Crippen LogP contribution is 2.31. The summed E-state index contributed by atoms with van der Waals surface area (Å²) in [4.78, 5) is 38.9. The van der Waals surface area contributed by atoms with Gasteiger partial charge in [-0.1, -0.05) is 30.3 Å². The maximum Gasteiger partial charge on any atom is 0.262 e. The Labute approximate surface area is 151 Å². The van der Waals surface area contributed by atoms with Crippen LogP contribution in [0.15, 0.2) is 48.5 Å². The van der Waals surface area contributed by atoms with E-state index in [2.05, 4.69) is 5.32 Å². The molecular weight excluding hydrogens is 332 g/mol. The lowest BCUT2D eigenvalue weighted by molar-refractivity contribution is 0.0595. The summed E-state index contributed by atoms with van der Waals surface area (Å²) in [7, 11) is 1.55. The Morgan fingerprint density at radius 3 is 2.46 bits per heavy atom. The number of ether oxygens (including phenoxy) is 1. The third kappa shape index (κ3) is 3.23. The Morgan fingerprint density at radius 1 is 1.08 bits per heavy atom. The van der Waals surface area contributed by atoms with Gasteiger partial charge in [0.2, 0.25) is 0 Å². The Balaban J connectivity index is 1.85. The van der Waals surface area contributed by atoms with E-state index in [9.17, 15) is 14.4 Å². The van der Waals surface area contributed by atoms with Crippen LogP contribution >= 0.6 is 0 Å². The topological polar surface area (TPSA) is 75.7 Å². The molecule has 3 rings (SSSR count). The Kier molecular flexibility index (Phi) is 5.14. The van der Waals surface area contributed by atoms with Gasteiger partial charge >= 0.3 is 0 Å². The van der Waals surface area contributed by atoms with Crippen LogP contribution in [0.3, 0.4) is 0 Å². The van der Waals surface area contributed by atoms with E-state index in [-0.39, 0.29) is 29.3 Å². The van der Waals surface area contributed by atoms with E-state index >= 15 is 0 Å². The van der Waals surface area contributed by atoms with Crippen molar-refractivity contribution < 1.29 is 19.1 Å². The van der Waals surface area contributed by atoms with Gasteiger partial charge < -0.3 is 10.1 Å². The molecule has 2 aromatic carbocycles. The second-order valence-corrected chi connectivity index (χ2v) is 6.08. The van der Waals surface area contributed by atoms with Gasteiger partial charge in [0.25, 0.3) is 17.7 Å². The smallest absolute Gasteiger partial charge is 0.262 e. The van der Waals surface area contributed by atoms with Gasteiger partial charge in [-0.05, 0) is 30.7 Å².